The number of carbonyl (C=O) groups excluding carboxylic acids is 1. The second kappa shape index (κ2) is 7.27. The van der Waals surface area contributed by atoms with Crippen LogP contribution in [0, 0.1) is 0 Å². The molecule has 2 aromatic rings. The van der Waals surface area contributed by atoms with Crippen LogP contribution in [0.15, 0.2) is 36.5 Å². The Hall–Kier alpha value is -1.67. The molecule has 0 aliphatic rings. The summed E-state index contributed by atoms with van der Waals surface area (Å²) in [5.74, 6) is -0.383. The van der Waals surface area contributed by atoms with Crippen molar-refractivity contribution in [3.63, 3.8) is 0 Å². The lowest BCUT2D eigenvalue weighted by atomic mass is 10.2. The third kappa shape index (κ3) is 5.80. The Labute approximate surface area is 143 Å². The van der Waals surface area contributed by atoms with Crippen LogP contribution in [0.5, 0.6) is 0 Å². The third-order valence-corrected chi connectivity index (χ3v) is 3.82. The highest BCUT2D eigenvalue weighted by Gasteiger charge is 2.09. The first-order valence-corrected chi connectivity index (χ1v) is 9.05. The average Bonchev–Trinajstić information content (AvgIpc) is 2.43. The summed E-state index contributed by atoms with van der Waals surface area (Å²) in [7, 11) is -3.33. The van der Waals surface area contributed by atoms with Gasteiger partial charge in [-0.05, 0) is 30.3 Å². The molecule has 0 saturated carbocycles. The first-order valence-electron chi connectivity index (χ1n) is 6.40. The van der Waals surface area contributed by atoms with Gasteiger partial charge in [-0.3, -0.25) is 9.78 Å². The second-order valence-electron chi connectivity index (χ2n) is 4.74. The van der Waals surface area contributed by atoms with Crippen molar-refractivity contribution in [2.75, 3.05) is 11.6 Å². The smallest absolute Gasteiger partial charge is 0.255 e. The molecule has 0 fully saturated rings. The van der Waals surface area contributed by atoms with Crippen molar-refractivity contribution in [3.8, 4) is 0 Å². The quantitative estimate of drug-likeness (QED) is 0.842. The standard InChI is InChI=1S/C14H13Cl2N3O3S/c1-23(21,22)18-8-13-4-9(2-3-17-13)14(20)19-12-6-10(15)5-11(16)7-12/h2-7,18H,8H2,1H3,(H,19,20). The van der Waals surface area contributed by atoms with Gasteiger partial charge in [0.05, 0.1) is 18.5 Å². The maximum absolute atomic E-state index is 12.2. The fourth-order valence-corrected chi connectivity index (χ4v) is 2.69. The molecular formula is C14H13Cl2N3O3S. The van der Waals surface area contributed by atoms with Gasteiger partial charge in [0.25, 0.3) is 5.91 Å². The van der Waals surface area contributed by atoms with Crippen molar-refractivity contribution < 1.29 is 13.2 Å². The zero-order valence-electron chi connectivity index (χ0n) is 12.0. The SMILES string of the molecule is CS(=O)(=O)NCc1cc(C(=O)Nc2cc(Cl)cc(Cl)c2)ccn1. The summed E-state index contributed by atoms with van der Waals surface area (Å²) in [6.07, 6.45) is 2.48. The molecule has 2 rings (SSSR count). The van der Waals surface area contributed by atoms with Gasteiger partial charge in [-0.25, -0.2) is 13.1 Å². The number of aromatic nitrogens is 1. The normalized spacial score (nSPS) is 11.3. The van der Waals surface area contributed by atoms with Crippen molar-refractivity contribution in [2.24, 2.45) is 0 Å². The summed E-state index contributed by atoms with van der Waals surface area (Å²) in [6.45, 7) is 0.00292. The summed E-state index contributed by atoms with van der Waals surface area (Å²) in [5.41, 5.74) is 1.22. The fourth-order valence-electron chi connectivity index (χ4n) is 1.75. The Morgan fingerprint density at radius 1 is 1.17 bits per heavy atom. The van der Waals surface area contributed by atoms with E-state index in [9.17, 15) is 13.2 Å². The minimum Gasteiger partial charge on any atom is -0.322 e. The Bertz CT molecular complexity index is 821. The molecule has 0 bridgehead atoms. The van der Waals surface area contributed by atoms with E-state index in [2.05, 4.69) is 15.0 Å². The highest BCUT2D eigenvalue weighted by atomic mass is 35.5. The van der Waals surface area contributed by atoms with Crippen molar-refractivity contribution >= 4 is 44.8 Å². The van der Waals surface area contributed by atoms with Gasteiger partial charge in [-0.2, -0.15) is 0 Å². The minimum absolute atomic E-state index is 0.00292. The number of nitrogens with one attached hydrogen (secondary N) is 2. The molecule has 0 unspecified atom stereocenters. The van der Waals surface area contributed by atoms with Crippen LogP contribution >= 0.6 is 23.2 Å². The van der Waals surface area contributed by atoms with Gasteiger partial charge in [-0.1, -0.05) is 23.2 Å². The lowest BCUT2D eigenvalue weighted by molar-refractivity contribution is 0.102. The molecule has 1 aromatic carbocycles. The number of halogens is 2. The number of carbonyl (C=O) groups is 1. The number of benzene rings is 1. The number of pyridine rings is 1. The van der Waals surface area contributed by atoms with E-state index in [1.54, 1.807) is 18.2 Å². The van der Waals surface area contributed by atoms with Crippen molar-refractivity contribution in [3.05, 3.63) is 57.8 Å². The Morgan fingerprint density at radius 2 is 1.83 bits per heavy atom. The monoisotopic (exact) mass is 373 g/mol. The van der Waals surface area contributed by atoms with Crippen LogP contribution in [0.3, 0.4) is 0 Å². The molecule has 6 nitrogen and oxygen atoms in total. The van der Waals surface area contributed by atoms with Crippen LogP contribution in [-0.4, -0.2) is 25.6 Å². The van der Waals surface area contributed by atoms with Crippen molar-refractivity contribution in [1.82, 2.24) is 9.71 Å². The van der Waals surface area contributed by atoms with E-state index in [-0.39, 0.29) is 12.5 Å². The van der Waals surface area contributed by atoms with E-state index in [4.69, 9.17) is 23.2 Å². The Kier molecular flexibility index (Phi) is 5.59. The topological polar surface area (TPSA) is 88.2 Å². The number of hydrogen-bond donors (Lipinski definition) is 2. The summed E-state index contributed by atoms with van der Waals surface area (Å²) in [5, 5.41) is 3.47. The lowest BCUT2D eigenvalue weighted by Gasteiger charge is -2.08. The first-order chi connectivity index (χ1) is 10.7. The Balaban J connectivity index is 2.13. The number of rotatable bonds is 5. The molecule has 122 valence electrons. The van der Waals surface area contributed by atoms with Crippen LogP contribution in [0.25, 0.3) is 0 Å². The molecule has 23 heavy (non-hydrogen) atoms. The maximum atomic E-state index is 12.2. The van der Waals surface area contributed by atoms with E-state index in [0.717, 1.165) is 6.26 Å². The molecule has 0 saturated heterocycles. The molecule has 0 aliphatic carbocycles. The van der Waals surface area contributed by atoms with Gasteiger partial charge in [0.2, 0.25) is 10.0 Å². The molecule has 0 radical (unpaired) electrons. The van der Waals surface area contributed by atoms with Gasteiger partial charge < -0.3 is 5.32 Å². The van der Waals surface area contributed by atoms with Gasteiger partial charge in [0.15, 0.2) is 0 Å². The summed E-state index contributed by atoms with van der Waals surface area (Å²) in [6, 6.07) is 7.71. The molecule has 0 spiro atoms. The maximum Gasteiger partial charge on any atom is 0.255 e. The highest BCUT2D eigenvalue weighted by Crippen LogP contribution is 2.22. The molecular weight excluding hydrogens is 361 g/mol. The van der Waals surface area contributed by atoms with Crippen LogP contribution in [-0.2, 0) is 16.6 Å². The molecule has 1 heterocycles. The fraction of sp³-hybridized carbons (Fsp3) is 0.143. The zero-order chi connectivity index (χ0) is 17.0. The average molecular weight is 374 g/mol. The van der Waals surface area contributed by atoms with E-state index in [0.29, 0.717) is 27.0 Å². The molecule has 1 aromatic heterocycles. The lowest BCUT2D eigenvalue weighted by Crippen LogP contribution is -2.22. The molecule has 0 atom stereocenters. The largest absolute Gasteiger partial charge is 0.322 e. The van der Waals surface area contributed by atoms with Crippen LogP contribution in [0.4, 0.5) is 5.69 Å². The predicted octanol–water partition coefficient (Wildman–Crippen LogP) is 2.69. The van der Waals surface area contributed by atoms with Gasteiger partial charge in [0.1, 0.15) is 0 Å². The predicted molar refractivity (Wildman–Crippen MR) is 90.3 cm³/mol. The molecule has 9 heteroatoms. The van der Waals surface area contributed by atoms with Crippen LogP contribution in [0.1, 0.15) is 16.1 Å². The summed E-state index contributed by atoms with van der Waals surface area (Å²) < 4.78 is 24.5. The van der Waals surface area contributed by atoms with Crippen molar-refractivity contribution in [2.45, 2.75) is 6.54 Å². The third-order valence-electron chi connectivity index (χ3n) is 2.71. The van der Waals surface area contributed by atoms with Crippen LogP contribution < -0.4 is 10.0 Å². The van der Waals surface area contributed by atoms with Crippen LogP contribution in [0.2, 0.25) is 10.0 Å². The Morgan fingerprint density at radius 3 is 2.43 bits per heavy atom. The number of hydrogen-bond acceptors (Lipinski definition) is 4. The van der Waals surface area contributed by atoms with Gasteiger partial charge in [0, 0.05) is 27.5 Å². The molecule has 0 aliphatic heterocycles. The number of sulfonamides is 1. The number of anilines is 1. The second-order valence-corrected chi connectivity index (χ2v) is 7.45. The molecule has 1 amide bonds. The molecule has 2 N–H and O–H groups in total. The number of amides is 1. The first kappa shape index (κ1) is 17.7. The minimum atomic E-state index is -3.33. The summed E-state index contributed by atoms with van der Waals surface area (Å²) in [4.78, 5) is 16.2. The zero-order valence-corrected chi connectivity index (χ0v) is 14.3. The highest BCUT2D eigenvalue weighted by molar-refractivity contribution is 7.88. The summed E-state index contributed by atoms with van der Waals surface area (Å²) >= 11 is 11.8. The van der Waals surface area contributed by atoms with Gasteiger partial charge in [-0.15, -0.1) is 0 Å². The van der Waals surface area contributed by atoms with E-state index < -0.39 is 10.0 Å². The van der Waals surface area contributed by atoms with E-state index in [1.807, 2.05) is 0 Å². The van der Waals surface area contributed by atoms with Gasteiger partial charge >= 0.3 is 0 Å². The van der Waals surface area contributed by atoms with Crippen molar-refractivity contribution in [1.29, 1.82) is 0 Å². The van der Waals surface area contributed by atoms with E-state index in [1.165, 1.54) is 18.3 Å². The van der Waals surface area contributed by atoms with E-state index >= 15 is 0 Å². The number of nitrogens with zero attached hydrogens (tertiary/aromatic N) is 1.